The van der Waals surface area contributed by atoms with Crippen molar-refractivity contribution in [3.8, 4) is 11.4 Å². The fourth-order valence-corrected chi connectivity index (χ4v) is 2.35. The lowest BCUT2D eigenvalue weighted by molar-refractivity contribution is -0.142. The highest BCUT2D eigenvalue weighted by molar-refractivity contribution is 5.70. The third-order valence-corrected chi connectivity index (χ3v) is 3.31. The summed E-state index contributed by atoms with van der Waals surface area (Å²) in [6, 6.07) is 7.84. The normalized spacial score (nSPS) is 12.6. The molecule has 1 unspecified atom stereocenters. The summed E-state index contributed by atoms with van der Waals surface area (Å²) in [6.07, 6.45) is 0.600. The molecular formula is C15H20N4O2. The molecule has 0 aliphatic rings. The van der Waals surface area contributed by atoms with Crippen LogP contribution < -0.4 is 0 Å². The Hall–Kier alpha value is -2.24. The second-order valence-corrected chi connectivity index (χ2v) is 5.72. The molecule has 1 N–H and O–H groups in total. The molecule has 6 heteroatoms. The standard InChI is InChI=1S/C15H20N4O2/c1-10(2)7-13(15(20)21)9-19-14(16-17-18-19)12-6-4-5-11(3)8-12/h4-6,8,10,13H,7,9H2,1-3H3,(H,20,21). The van der Waals surface area contributed by atoms with Crippen molar-refractivity contribution in [2.45, 2.75) is 33.7 Å². The van der Waals surface area contributed by atoms with E-state index in [-0.39, 0.29) is 6.54 Å². The SMILES string of the molecule is Cc1cccc(-c2nnnn2CC(CC(C)C)C(=O)O)c1. The van der Waals surface area contributed by atoms with E-state index in [0.29, 0.717) is 18.2 Å². The highest BCUT2D eigenvalue weighted by Crippen LogP contribution is 2.20. The first-order valence-electron chi connectivity index (χ1n) is 7.03. The van der Waals surface area contributed by atoms with Crippen molar-refractivity contribution >= 4 is 5.97 Å². The number of carbonyl (C=O) groups is 1. The van der Waals surface area contributed by atoms with Crippen molar-refractivity contribution in [3.63, 3.8) is 0 Å². The number of hydrogen-bond acceptors (Lipinski definition) is 4. The summed E-state index contributed by atoms with van der Waals surface area (Å²) in [5, 5.41) is 21.0. The summed E-state index contributed by atoms with van der Waals surface area (Å²) >= 11 is 0. The molecule has 1 aromatic carbocycles. The highest BCUT2D eigenvalue weighted by Gasteiger charge is 2.22. The summed E-state index contributed by atoms with van der Waals surface area (Å²) in [7, 11) is 0. The van der Waals surface area contributed by atoms with Gasteiger partial charge in [0.25, 0.3) is 0 Å². The van der Waals surface area contributed by atoms with E-state index in [1.165, 1.54) is 0 Å². The molecule has 2 aromatic rings. The van der Waals surface area contributed by atoms with E-state index in [9.17, 15) is 9.90 Å². The molecule has 0 fully saturated rings. The van der Waals surface area contributed by atoms with Gasteiger partial charge in [0, 0.05) is 5.56 Å². The Kier molecular flexibility index (Phi) is 4.67. The first kappa shape index (κ1) is 15.2. The van der Waals surface area contributed by atoms with Crippen molar-refractivity contribution in [3.05, 3.63) is 29.8 Å². The quantitative estimate of drug-likeness (QED) is 0.882. The van der Waals surface area contributed by atoms with Gasteiger partial charge in [0.1, 0.15) is 0 Å². The summed E-state index contributed by atoms with van der Waals surface area (Å²) in [6.45, 7) is 6.30. The fraction of sp³-hybridized carbons (Fsp3) is 0.467. The summed E-state index contributed by atoms with van der Waals surface area (Å²) in [5.41, 5.74) is 2.01. The molecular weight excluding hydrogens is 268 g/mol. The van der Waals surface area contributed by atoms with Crippen LogP contribution in [0.1, 0.15) is 25.8 Å². The summed E-state index contributed by atoms with van der Waals surface area (Å²) in [4.78, 5) is 11.4. The maximum atomic E-state index is 11.4. The zero-order valence-corrected chi connectivity index (χ0v) is 12.5. The number of rotatable bonds is 6. The second kappa shape index (κ2) is 6.47. The number of aliphatic carboxylic acids is 1. The predicted octanol–water partition coefficient (Wildman–Crippen LogP) is 2.40. The molecule has 0 saturated heterocycles. The van der Waals surface area contributed by atoms with Gasteiger partial charge in [-0.2, -0.15) is 0 Å². The molecule has 2 rings (SSSR count). The van der Waals surface area contributed by atoms with Crippen LogP contribution in [-0.2, 0) is 11.3 Å². The number of hydrogen-bond donors (Lipinski definition) is 1. The van der Waals surface area contributed by atoms with Crippen LogP contribution in [0.2, 0.25) is 0 Å². The molecule has 0 radical (unpaired) electrons. The Morgan fingerprint density at radius 3 is 2.76 bits per heavy atom. The molecule has 21 heavy (non-hydrogen) atoms. The maximum Gasteiger partial charge on any atom is 0.308 e. The van der Waals surface area contributed by atoms with Crippen molar-refractivity contribution in [2.75, 3.05) is 0 Å². The van der Waals surface area contributed by atoms with Gasteiger partial charge in [-0.15, -0.1) is 5.10 Å². The molecule has 112 valence electrons. The van der Waals surface area contributed by atoms with Crippen LogP contribution in [0.15, 0.2) is 24.3 Å². The lowest BCUT2D eigenvalue weighted by Gasteiger charge is -2.15. The summed E-state index contributed by atoms with van der Waals surface area (Å²) in [5.74, 6) is -0.384. The number of benzene rings is 1. The average molecular weight is 288 g/mol. The van der Waals surface area contributed by atoms with Crippen LogP contribution in [0.5, 0.6) is 0 Å². The number of aromatic nitrogens is 4. The molecule has 0 bridgehead atoms. The molecule has 6 nitrogen and oxygen atoms in total. The highest BCUT2D eigenvalue weighted by atomic mass is 16.4. The van der Waals surface area contributed by atoms with Gasteiger partial charge >= 0.3 is 5.97 Å². The van der Waals surface area contributed by atoms with Crippen molar-refractivity contribution in [2.24, 2.45) is 11.8 Å². The van der Waals surface area contributed by atoms with E-state index in [4.69, 9.17) is 0 Å². The largest absolute Gasteiger partial charge is 0.481 e. The van der Waals surface area contributed by atoms with Gasteiger partial charge in [-0.05, 0) is 35.8 Å². The Morgan fingerprint density at radius 2 is 2.14 bits per heavy atom. The first-order chi connectivity index (χ1) is 9.97. The predicted molar refractivity (Wildman–Crippen MR) is 78.6 cm³/mol. The summed E-state index contributed by atoms with van der Waals surface area (Å²) < 4.78 is 1.58. The Balaban J connectivity index is 2.25. The zero-order chi connectivity index (χ0) is 15.4. The molecule has 0 amide bonds. The fourth-order valence-electron chi connectivity index (χ4n) is 2.35. The Morgan fingerprint density at radius 1 is 1.38 bits per heavy atom. The van der Waals surface area contributed by atoms with E-state index >= 15 is 0 Å². The molecule has 0 spiro atoms. The van der Waals surface area contributed by atoms with Crippen LogP contribution in [0.3, 0.4) is 0 Å². The molecule has 0 saturated carbocycles. The van der Waals surface area contributed by atoms with Crippen LogP contribution in [0, 0.1) is 18.8 Å². The van der Waals surface area contributed by atoms with Gasteiger partial charge in [-0.1, -0.05) is 37.6 Å². The topological polar surface area (TPSA) is 80.9 Å². The number of carboxylic acid groups (broad SMARTS) is 1. The van der Waals surface area contributed by atoms with E-state index in [1.54, 1.807) is 4.68 Å². The van der Waals surface area contributed by atoms with Gasteiger partial charge in [0.2, 0.25) is 0 Å². The van der Waals surface area contributed by atoms with Gasteiger partial charge in [-0.3, -0.25) is 4.79 Å². The van der Waals surface area contributed by atoms with E-state index < -0.39 is 11.9 Å². The molecule has 0 aliphatic heterocycles. The van der Waals surface area contributed by atoms with Gasteiger partial charge in [0.15, 0.2) is 5.82 Å². The number of aryl methyl sites for hydroxylation is 1. The van der Waals surface area contributed by atoms with Crippen LogP contribution in [0.4, 0.5) is 0 Å². The number of carboxylic acids is 1. The zero-order valence-electron chi connectivity index (χ0n) is 12.5. The van der Waals surface area contributed by atoms with Crippen LogP contribution >= 0.6 is 0 Å². The minimum atomic E-state index is -0.811. The minimum Gasteiger partial charge on any atom is -0.481 e. The lowest BCUT2D eigenvalue weighted by Crippen LogP contribution is -2.23. The van der Waals surface area contributed by atoms with Crippen LogP contribution in [0.25, 0.3) is 11.4 Å². The number of tetrazole rings is 1. The lowest BCUT2D eigenvalue weighted by atomic mass is 9.97. The second-order valence-electron chi connectivity index (χ2n) is 5.72. The average Bonchev–Trinajstić information content (AvgIpc) is 2.85. The third-order valence-electron chi connectivity index (χ3n) is 3.31. The third kappa shape index (κ3) is 3.87. The van der Waals surface area contributed by atoms with E-state index in [0.717, 1.165) is 11.1 Å². The van der Waals surface area contributed by atoms with E-state index in [2.05, 4.69) is 15.5 Å². The van der Waals surface area contributed by atoms with Crippen LogP contribution in [-0.4, -0.2) is 31.3 Å². The first-order valence-corrected chi connectivity index (χ1v) is 7.03. The molecule has 1 heterocycles. The Labute approximate surface area is 123 Å². The monoisotopic (exact) mass is 288 g/mol. The van der Waals surface area contributed by atoms with E-state index in [1.807, 2.05) is 45.0 Å². The van der Waals surface area contributed by atoms with Gasteiger partial charge in [-0.25, -0.2) is 4.68 Å². The smallest absolute Gasteiger partial charge is 0.308 e. The molecule has 1 aromatic heterocycles. The maximum absolute atomic E-state index is 11.4. The molecule has 1 atom stereocenters. The minimum absolute atomic E-state index is 0.282. The number of nitrogens with zero attached hydrogens (tertiary/aromatic N) is 4. The Bertz CT molecular complexity index is 622. The van der Waals surface area contributed by atoms with Crippen molar-refractivity contribution in [1.82, 2.24) is 20.2 Å². The van der Waals surface area contributed by atoms with Gasteiger partial charge < -0.3 is 5.11 Å². The molecule has 0 aliphatic carbocycles. The van der Waals surface area contributed by atoms with Gasteiger partial charge in [0.05, 0.1) is 12.5 Å². The van der Waals surface area contributed by atoms with Crippen molar-refractivity contribution in [1.29, 1.82) is 0 Å². The van der Waals surface area contributed by atoms with Crippen molar-refractivity contribution < 1.29 is 9.90 Å².